The Morgan fingerprint density at radius 1 is 1.38 bits per heavy atom. The van der Waals surface area contributed by atoms with Gasteiger partial charge in [-0.05, 0) is 18.1 Å². The van der Waals surface area contributed by atoms with Gasteiger partial charge in [0, 0.05) is 5.56 Å². The Kier molecular flexibility index (Phi) is 4.83. The SMILES string of the molecule is CCC(CC)COc1cccc(C(=N)N)c1. The molecule has 88 valence electrons. The minimum Gasteiger partial charge on any atom is -0.493 e. The molecule has 0 atom stereocenters. The molecule has 1 rings (SSSR count). The summed E-state index contributed by atoms with van der Waals surface area (Å²) in [5.41, 5.74) is 6.13. The van der Waals surface area contributed by atoms with Crippen molar-refractivity contribution in [2.45, 2.75) is 26.7 Å². The monoisotopic (exact) mass is 220 g/mol. The molecule has 0 fully saturated rings. The molecule has 1 aromatic carbocycles. The van der Waals surface area contributed by atoms with E-state index >= 15 is 0 Å². The number of rotatable bonds is 6. The van der Waals surface area contributed by atoms with Gasteiger partial charge in [0.05, 0.1) is 6.61 Å². The molecule has 16 heavy (non-hydrogen) atoms. The third kappa shape index (κ3) is 3.57. The van der Waals surface area contributed by atoms with Crippen molar-refractivity contribution in [3.05, 3.63) is 29.8 Å². The van der Waals surface area contributed by atoms with Gasteiger partial charge in [-0.2, -0.15) is 0 Å². The largest absolute Gasteiger partial charge is 0.493 e. The zero-order valence-electron chi connectivity index (χ0n) is 9.99. The van der Waals surface area contributed by atoms with Crippen LogP contribution in [0.4, 0.5) is 0 Å². The number of hydrogen-bond donors (Lipinski definition) is 2. The number of benzene rings is 1. The van der Waals surface area contributed by atoms with Crippen LogP contribution in [0.2, 0.25) is 0 Å². The van der Waals surface area contributed by atoms with E-state index in [0.717, 1.165) is 25.2 Å². The predicted molar refractivity (Wildman–Crippen MR) is 67.0 cm³/mol. The summed E-state index contributed by atoms with van der Waals surface area (Å²) in [7, 11) is 0. The van der Waals surface area contributed by atoms with Gasteiger partial charge >= 0.3 is 0 Å². The van der Waals surface area contributed by atoms with Gasteiger partial charge in [0.1, 0.15) is 11.6 Å². The maximum atomic E-state index is 7.34. The van der Waals surface area contributed by atoms with Crippen molar-refractivity contribution in [1.29, 1.82) is 5.41 Å². The third-order valence-electron chi connectivity index (χ3n) is 2.79. The maximum Gasteiger partial charge on any atom is 0.122 e. The molecule has 0 saturated heterocycles. The van der Waals surface area contributed by atoms with Crippen LogP contribution in [0.5, 0.6) is 5.75 Å². The molecule has 0 aliphatic carbocycles. The Morgan fingerprint density at radius 2 is 2.06 bits per heavy atom. The first-order chi connectivity index (χ1) is 7.67. The molecule has 0 aliphatic rings. The van der Waals surface area contributed by atoms with E-state index < -0.39 is 0 Å². The highest BCUT2D eigenvalue weighted by molar-refractivity contribution is 5.95. The Morgan fingerprint density at radius 3 is 2.62 bits per heavy atom. The molecule has 0 unspecified atom stereocenters. The molecule has 3 N–H and O–H groups in total. The van der Waals surface area contributed by atoms with Crippen molar-refractivity contribution in [2.75, 3.05) is 6.61 Å². The van der Waals surface area contributed by atoms with E-state index in [4.69, 9.17) is 15.9 Å². The van der Waals surface area contributed by atoms with Crippen molar-refractivity contribution in [2.24, 2.45) is 11.7 Å². The molecule has 0 heterocycles. The summed E-state index contributed by atoms with van der Waals surface area (Å²) in [6.45, 7) is 5.07. The number of nitrogens with two attached hydrogens (primary N) is 1. The van der Waals surface area contributed by atoms with Crippen LogP contribution in [0.3, 0.4) is 0 Å². The van der Waals surface area contributed by atoms with Gasteiger partial charge in [-0.3, -0.25) is 5.41 Å². The van der Waals surface area contributed by atoms with Crippen LogP contribution < -0.4 is 10.5 Å². The van der Waals surface area contributed by atoms with Crippen molar-refractivity contribution < 1.29 is 4.74 Å². The lowest BCUT2D eigenvalue weighted by atomic mass is 10.1. The van der Waals surface area contributed by atoms with Gasteiger partial charge in [0.25, 0.3) is 0 Å². The Labute approximate surface area is 97.1 Å². The summed E-state index contributed by atoms with van der Waals surface area (Å²) in [5, 5.41) is 7.34. The van der Waals surface area contributed by atoms with E-state index in [1.165, 1.54) is 0 Å². The summed E-state index contributed by atoms with van der Waals surface area (Å²) in [5.74, 6) is 1.47. The maximum absolute atomic E-state index is 7.34. The second kappa shape index (κ2) is 6.16. The molecule has 0 aliphatic heterocycles. The van der Waals surface area contributed by atoms with Crippen molar-refractivity contribution in [3.63, 3.8) is 0 Å². The molecule has 3 heteroatoms. The smallest absolute Gasteiger partial charge is 0.122 e. The molecular weight excluding hydrogens is 200 g/mol. The lowest BCUT2D eigenvalue weighted by Gasteiger charge is -2.14. The van der Waals surface area contributed by atoms with Crippen LogP contribution in [-0.2, 0) is 0 Å². The standard InChI is InChI=1S/C13H20N2O/c1-3-10(4-2)9-16-12-7-5-6-11(8-12)13(14)15/h5-8,10H,3-4,9H2,1-2H3,(H3,14,15). The number of ether oxygens (including phenoxy) is 1. The molecule has 1 aromatic rings. The van der Waals surface area contributed by atoms with E-state index in [1.54, 1.807) is 0 Å². The van der Waals surface area contributed by atoms with Crippen LogP contribution in [0.1, 0.15) is 32.3 Å². The Hall–Kier alpha value is -1.51. The Balaban J connectivity index is 2.60. The molecule has 0 radical (unpaired) electrons. The summed E-state index contributed by atoms with van der Waals surface area (Å²) >= 11 is 0. The van der Waals surface area contributed by atoms with Crippen molar-refractivity contribution >= 4 is 5.84 Å². The summed E-state index contributed by atoms with van der Waals surface area (Å²) in [6.07, 6.45) is 2.26. The van der Waals surface area contributed by atoms with Gasteiger partial charge in [0.15, 0.2) is 0 Å². The highest BCUT2D eigenvalue weighted by Gasteiger charge is 2.05. The highest BCUT2D eigenvalue weighted by Crippen LogP contribution is 2.16. The number of nitrogen functional groups attached to an aromatic ring is 1. The van der Waals surface area contributed by atoms with Gasteiger partial charge in [-0.1, -0.05) is 38.8 Å². The summed E-state index contributed by atoms with van der Waals surface area (Å²) in [6, 6.07) is 7.38. The lowest BCUT2D eigenvalue weighted by molar-refractivity contribution is 0.240. The molecule has 0 spiro atoms. The van der Waals surface area contributed by atoms with Crippen LogP contribution in [0, 0.1) is 11.3 Å². The highest BCUT2D eigenvalue weighted by atomic mass is 16.5. The number of nitrogens with one attached hydrogen (secondary N) is 1. The average Bonchev–Trinajstić information content (AvgIpc) is 2.31. The third-order valence-corrected chi connectivity index (χ3v) is 2.79. The number of hydrogen-bond acceptors (Lipinski definition) is 2. The van der Waals surface area contributed by atoms with Crippen LogP contribution in [0.25, 0.3) is 0 Å². The minimum absolute atomic E-state index is 0.0768. The molecule has 0 saturated carbocycles. The van der Waals surface area contributed by atoms with E-state index in [-0.39, 0.29) is 5.84 Å². The van der Waals surface area contributed by atoms with Crippen LogP contribution in [-0.4, -0.2) is 12.4 Å². The number of amidine groups is 1. The summed E-state index contributed by atoms with van der Waals surface area (Å²) in [4.78, 5) is 0. The zero-order chi connectivity index (χ0) is 12.0. The zero-order valence-corrected chi connectivity index (χ0v) is 9.99. The molecule has 0 bridgehead atoms. The fourth-order valence-electron chi connectivity index (χ4n) is 1.49. The molecule has 0 amide bonds. The summed E-state index contributed by atoms with van der Waals surface area (Å²) < 4.78 is 5.69. The molecule has 0 aromatic heterocycles. The van der Waals surface area contributed by atoms with E-state index in [9.17, 15) is 0 Å². The fourth-order valence-corrected chi connectivity index (χ4v) is 1.49. The van der Waals surface area contributed by atoms with E-state index in [0.29, 0.717) is 11.5 Å². The second-order valence-electron chi connectivity index (χ2n) is 3.94. The van der Waals surface area contributed by atoms with Crippen LogP contribution >= 0.6 is 0 Å². The average molecular weight is 220 g/mol. The van der Waals surface area contributed by atoms with Crippen LogP contribution in [0.15, 0.2) is 24.3 Å². The van der Waals surface area contributed by atoms with Gasteiger partial charge in [-0.15, -0.1) is 0 Å². The first kappa shape index (κ1) is 12.6. The van der Waals surface area contributed by atoms with Crippen molar-refractivity contribution in [1.82, 2.24) is 0 Å². The quantitative estimate of drug-likeness (QED) is 0.572. The Bertz CT molecular complexity index is 346. The van der Waals surface area contributed by atoms with Gasteiger partial charge in [0.2, 0.25) is 0 Å². The second-order valence-corrected chi connectivity index (χ2v) is 3.94. The van der Waals surface area contributed by atoms with Crippen molar-refractivity contribution in [3.8, 4) is 5.75 Å². The van der Waals surface area contributed by atoms with Gasteiger partial charge in [-0.25, -0.2) is 0 Å². The molecular formula is C13H20N2O. The van der Waals surface area contributed by atoms with E-state index in [1.807, 2.05) is 24.3 Å². The minimum atomic E-state index is 0.0768. The normalized spacial score (nSPS) is 10.4. The fraction of sp³-hybridized carbons (Fsp3) is 0.462. The van der Waals surface area contributed by atoms with E-state index in [2.05, 4.69) is 13.8 Å². The first-order valence-corrected chi connectivity index (χ1v) is 5.74. The van der Waals surface area contributed by atoms with Gasteiger partial charge < -0.3 is 10.5 Å². The topological polar surface area (TPSA) is 59.1 Å². The molecule has 3 nitrogen and oxygen atoms in total. The predicted octanol–water partition coefficient (Wildman–Crippen LogP) is 2.79. The lowest BCUT2D eigenvalue weighted by Crippen LogP contribution is -2.12. The first-order valence-electron chi connectivity index (χ1n) is 5.74.